The van der Waals surface area contributed by atoms with Crippen LogP contribution in [-0.2, 0) is 14.9 Å². The first kappa shape index (κ1) is 23.2. The molecule has 0 amide bonds. The Balaban J connectivity index is 1.88. The van der Waals surface area contributed by atoms with E-state index in [0.29, 0.717) is 13.2 Å². The van der Waals surface area contributed by atoms with Gasteiger partial charge in [-0.1, -0.05) is 38.1 Å². The van der Waals surface area contributed by atoms with Crippen molar-refractivity contribution >= 4 is 0 Å². The van der Waals surface area contributed by atoms with Crippen molar-refractivity contribution in [3.05, 3.63) is 59.7 Å². The summed E-state index contributed by atoms with van der Waals surface area (Å²) in [5.41, 5.74) is 2.41. The van der Waals surface area contributed by atoms with Crippen molar-refractivity contribution in [3.63, 3.8) is 0 Å². The van der Waals surface area contributed by atoms with Crippen LogP contribution in [0.1, 0.15) is 51.7 Å². The predicted molar refractivity (Wildman–Crippen MR) is 118 cm³/mol. The summed E-state index contributed by atoms with van der Waals surface area (Å²) < 4.78 is 22.3. The minimum atomic E-state index is -0.0962. The van der Waals surface area contributed by atoms with E-state index in [1.807, 2.05) is 38.1 Å². The van der Waals surface area contributed by atoms with Gasteiger partial charge in [0, 0.05) is 44.7 Å². The van der Waals surface area contributed by atoms with Crippen molar-refractivity contribution in [2.24, 2.45) is 0 Å². The maximum absolute atomic E-state index is 5.80. The number of hydrogen-bond acceptors (Lipinski definition) is 4. The van der Waals surface area contributed by atoms with Gasteiger partial charge in [-0.05, 0) is 49.2 Å². The van der Waals surface area contributed by atoms with Gasteiger partial charge in [-0.15, -0.1) is 0 Å². The molecule has 2 rings (SSSR count). The smallest absolute Gasteiger partial charge is 0.119 e. The first-order chi connectivity index (χ1) is 14.1. The summed E-state index contributed by atoms with van der Waals surface area (Å²) in [6, 6.07) is 16.8. The normalized spacial score (nSPS) is 11.4. The van der Waals surface area contributed by atoms with Crippen LogP contribution in [0, 0.1) is 0 Å². The van der Waals surface area contributed by atoms with E-state index in [4.69, 9.17) is 18.9 Å². The van der Waals surface area contributed by atoms with E-state index >= 15 is 0 Å². The van der Waals surface area contributed by atoms with Crippen molar-refractivity contribution in [1.82, 2.24) is 0 Å². The third kappa shape index (κ3) is 7.71. The minimum absolute atomic E-state index is 0.0962. The molecule has 0 N–H and O–H groups in total. The second kappa shape index (κ2) is 12.5. The fourth-order valence-corrected chi connectivity index (χ4v) is 3.09. The highest BCUT2D eigenvalue weighted by Crippen LogP contribution is 2.33. The Morgan fingerprint density at radius 1 is 0.586 bits per heavy atom. The molecule has 0 atom stereocenters. The highest BCUT2D eigenvalue weighted by atomic mass is 16.5. The molecule has 2 aromatic rings. The molecule has 4 nitrogen and oxygen atoms in total. The van der Waals surface area contributed by atoms with E-state index in [1.165, 1.54) is 11.1 Å². The van der Waals surface area contributed by atoms with E-state index in [9.17, 15) is 0 Å². The lowest BCUT2D eigenvalue weighted by Gasteiger charge is -2.26. The number of benzene rings is 2. The maximum Gasteiger partial charge on any atom is 0.119 e. The van der Waals surface area contributed by atoms with Crippen molar-refractivity contribution in [3.8, 4) is 11.5 Å². The van der Waals surface area contributed by atoms with Crippen LogP contribution in [-0.4, -0.2) is 39.6 Å². The SMILES string of the molecule is CCOCCCOc1ccc(C(C)(C)c2ccc(OCCCOCC)cc2)cc1. The van der Waals surface area contributed by atoms with Gasteiger partial charge in [-0.3, -0.25) is 0 Å². The number of rotatable bonds is 14. The zero-order valence-corrected chi connectivity index (χ0v) is 18.4. The molecule has 0 fully saturated rings. The fourth-order valence-electron chi connectivity index (χ4n) is 3.09. The molecule has 0 aliphatic heterocycles. The Kier molecular flexibility index (Phi) is 10.0. The second-order valence-corrected chi connectivity index (χ2v) is 7.47. The molecule has 0 aliphatic rings. The summed E-state index contributed by atoms with van der Waals surface area (Å²) in [5, 5.41) is 0. The molecular weight excluding hydrogens is 364 g/mol. The summed E-state index contributed by atoms with van der Waals surface area (Å²) in [7, 11) is 0. The Morgan fingerprint density at radius 2 is 0.966 bits per heavy atom. The minimum Gasteiger partial charge on any atom is -0.494 e. The van der Waals surface area contributed by atoms with Crippen molar-refractivity contribution in [1.29, 1.82) is 0 Å². The summed E-state index contributed by atoms with van der Waals surface area (Å²) in [4.78, 5) is 0. The molecule has 4 heteroatoms. The van der Waals surface area contributed by atoms with E-state index in [1.54, 1.807) is 0 Å². The first-order valence-electron chi connectivity index (χ1n) is 10.7. The van der Waals surface area contributed by atoms with Gasteiger partial charge >= 0.3 is 0 Å². The Bertz CT molecular complexity index is 617. The molecule has 0 radical (unpaired) electrons. The van der Waals surface area contributed by atoms with Crippen molar-refractivity contribution in [2.45, 2.75) is 46.0 Å². The van der Waals surface area contributed by atoms with E-state index in [2.05, 4.69) is 38.1 Å². The molecule has 2 aromatic carbocycles. The molecule has 0 unspecified atom stereocenters. The highest BCUT2D eigenvalue weighted by Gasteiger charge is 2.23. The second-order valence-electron chi connectivity index (χ2n) is 7.47. The monoisotopic (exact) mass is 400 g/mol. The topological polar surface area (TPSA) is 36.9 Å². The quantitative estimate of drug-likeness (QED) is 0.386. The highest BCUT2D eigenvalue weighted by molar-refractivity contribution is 5.41. The Labute approximate surface area is 176 Å². The standard InChI is InChI=1S/C25H36O4/c1-5-26-17-7-19-28-23-13-9-21(10-14-23)25(3,4)22-11-15-24(16-12-22)29-20-8-18-27-6-2/h9-16H,5-8,17-20H2,1-4H3. The van der Waals surface area contributed by atoms with Crippen LogP contribution in [0.5, 0.6) is 11.5 Å². The fraction of sp³-hybridized carbons (Fsp3) is 0.520. The zero-order valence-electron chi connectivity index (χ0n) is 18.4. The van der Waals surface area contributed by atoms with Gasteiger partial charge in [-0.25, -0.2) is 0 Å². The molecular formula is C25H36O4. The van der Waals surface area contributed by atoms with Crippen LogP contribution in [0.15, 0.2) is 48.5 Å². The van der Waals surface area contributed by atoms with Gasteiger partial charge < -0.3 is 18.9 Å². The van der Waals surface area contributed by atoms with E-state index < -0.39 is 0 Å². The van der Waals surface area contributed by atoms with Crippen LogP contribution in [0.2, 0.25) is 0 Å². The Morgan fingerprint density at radius 3 is 1.31 bits per heavy atom. The van der Waals surface area contributed by atoms with Gasteiger partial charge in [0.05, 0.1) is 13.2 Å². The average molecular weight is 401 g/mol. The number of ether oxygens (including phenoxy) is 4. The van der Waals surface area contributed by atoms with Gasteiger partial charge in [0.1, 0.15) is 11.5 Å². The summed E-state index contributed by atoms with van der Waals surface area (Å²) in [6.45, 7) is 12.8. The van der Waals surface area contributed by atoms with Gasteiger partial charge in [0.2, 0.25) is 0 Å². The lowest BCUT2D eigenvalue weighted by atomic mass is 9.78. The van der Waals surface area contributed by atoms with Gasteiger partial charge in [0.15, 0.2) is 0 Å². The third-order valence-electron chi connectivity index (χ3n) is 4.96. The molecule has 0 aromatic heterocycles. The zero-order chi connectivity index (χ0) is 21.0. The average Bonchev–Trinajstić information content (AvgIpc) is 2.74. The molecule has 29 heavy (non-hydrogen) atoms. The molecule has 0 saturated heterocycles. The number of hydrogen-bond donors (Lipinski definition) is 0. The van der Waals surface area contributed by atoms with Crippen LogP contribution >= 0.6 is 0 Å². The lowest BCUT2D eigenvalue weighted by molar-refractivity contribution is 0.130. The summed E-state index contributed by atoms with van der Waals surface area (Å²) >= 11 is 0. The lowest BCUT2D eigenvalue weighted by Crippen LogP contribution is -2.18. The molecule has 0 aliphatic carbocycles. The van der Waals surface area contributed by atoms with Crippen molar-refractivity contribution in [2.75, 3.05) is 39.6 Å². The molecule has 0 heterocycles. The van der Waals surface area contributed by atoms with E-state index in [-0.39, 0.29) is 5.41 Å². The molecule has 0 bridgehead atoms. The third-order valence-corrected chi connectivity index (χ3v) is 4.96. The van der Waals surface area contributed by atoms with Gasteiger partial charge in [-0.2, -0.15) is 0 Å². The van der Waals surface area contributed by atoms with Gasteiger partial charge in [0.25, 0.3) is 0 Å². The molecule has 0 saturated carbocycles. The maximum atomic E-state index is 5.80. The van der Waals surface area contributed by atoms with Crippen LogP contribution < -0.4 is 9.47 Å². The Hall–Kier alpha value is -2.04. The van der Waals surface area contributed by atoms with E-state index in [0.717, 1.165) is 50.8 Å². The summed E-state index contributed by atoms with van der Waals surface area (Å²) in [6.07, 6.45) is 1.81. The largest absolute Gasteiger partial charge is 0.494 e. The van der Waals surface area contributed by atoms with Crippen molar-refractivity contribution < 1.29 is 18.9 Å². The molecule has 0 spiro atoms. The van der Waals surface area contributed by atoms with Crippen LogP contribution in [0.3, 0.4) is 0 Å². The molecule has 160 valence electrons. The predicted octanol–water partition coefficient (Wildman–Crippen LogP) is 5.62. The van der Waals surface area contributed by atoms with Crippen LogP contribution in [0.25, 0.3) is 0 Å². The van der Waals surface area contributed by atoms with Crippen LogP contribution in [0.4, 0.5) is 0 Å². The summed E-state index contributed by atoms with van der Waals surface area (Å²) in [5.74, 6) is 1.80. The first-order valence-corrected chi connectivity index (χ1v) is 10.7.